The Hall–Kier alpha value is -3.18. The molecule has 0 atom stereocenters. The van der Waals surface area contributed by atoms with E-state index in [1.807, 2.05) is 13.0 Å². The Morgan fingerprint density at radius 3 is 2.67 bits per heavy atom. The van der Waals surface area contributed by atoms with Crippen molar-refractivity contribution in [2.45, 2.75) is 20.3 Å². The summed E-state index contributed by atoms with van der Waals surface area (Å²) in [7, 11) is 0. The number of amides is 2. The van der Waals surface area contributed by atoms with Crippen LogP contribution in [0.3, 0.4) is 0 Å². The van der Waals surface area contributed by atoms with Gasteiger partial charge in [0.05, 0.1) is 18.1 Å². The van der Waals surface area contributed by atoms with Crippen molar-refractivity contribution in [2.24, 2.45) is 0 Å². The van der Waals surface area contributed by atoms with Gasteiger partial charge in [0.15, 0.2) is 11.5 Å². The minimum Gasteiger partial charge on any atom is -0.490 e. The van der Waals surface area contributed by atoms with Crippen LogP contribution in [0.5, 0.6) is 11.5 Å². The monoisotopic (exact) mass is 429 g/mol. The van der Waals surface area contributed by atoms with Gasteiger partial charge in [-0.15, -0.1) is 13.0 Å². The molecule has 0 N–H and O–H groups in total. The van der Waals surface area contributed by atoms with E-state index in [1.165, 1.54) is 0 Å². The smallest absolute Gasteiger partial charge is 0.326 e. The van der Waals surface area contributed by atoms with Crippen LogP contribution in [0.1, 0.15) is 25.0 Å². The Bertz CT molecular complexity index is 915. The van der Waals surface area contributed by atoms with E-state index in [9.17, 15) is 14.4 Å². The van der Waals surface area contributed by atoms with Crippen molar-refractivity contribution >= 4 is 35.0 Å². The molecule has 2 rings (SSSR count). The molecule has 1 aromatic carbocycles. The second-order valence-corrected chi connectivity index (χ2v) is 6.99. The Morgan fingerprint density at radius 2 is 2.03 bits per heavy atom. The summed E-state index contributed by atoms with van der Waals surface area (Å²) in [5, 5.41) is -0.523. The van der Waals surface area contributed by atoms with Crippen LogP contribution in [0.15, 0.2) is 29.7 Å². The number of rotatable bonds is 10. The maximum atomic E-state index is 12.6. The van der Waals surface area contributed by atoms with Crippen LogP contribution >= 0.6 is 11.8 Å². The van der Waals surface area contributed by atoms with Crippen LogP contribution in [0.4, 0.5) is 4.79 Å². The first-order valence-electron chi connectivity index (χ1n) is 9.32. The normalized spacial score (nSPS) is 14.6. The van der Waals surface area contributed by atoms with Gasteiger partial charge in [-0.05, 0) is 55.8 Å². The molecule has 1 aliphatic heterocycles. The molecule has 0 radical (unpaired) electrons. The highest BCUT2D eigenvalue weighted by atomic mass is 32.2. The summed E-state index contributed by atoms with van der Waals surface area (Å²) >= 11 is 0.765. The molecule has 8 heteroatoms. The molecule has 1 fully saturated rings. The first kappa shape index (κ1) is 23.1. The molecule has 0 aromatic heterocycles. The molecule has 2 amide bonds. The molecule has 158 valence electrons. The third kappa shape index (κ3) is 5.67. The quantitative estimate of drug-likeness (QED) is 0.244. The van der Waals surface area contributed by atoms with Crippen molar-refractivity contribution in [3.8, 4) is 23.8 Å². The molecule has 1 aromatic rings. The number of hydrogen-bond donors (Lipinski definition) is 0. The predicted molar refractivity (Wildman–Crippen MR) is 115 cm³/mol. The average Bonchev–Trinajstić information content (AvgIpc) is 2.95. The Labute approximate surface area is 180 Å². The van der Waals surface area contributed by atoms with E-state index < -0.39 is 23.7 Å². The zero-order valence-corrected chi connectivity index (χ0v) is 17.8. The summed E-state index contributed by atoms with van der Waals surface area (Å²) < 4.78 is 16.2. The number of hydrogen-bond acceptors (Lipinski definition) is 7. The fourth-order valence-electron chi connectivity index (χ4n) is 2.74. The van der Waals surface area contributed by atoms with Crippen LogP contribution in [-0.2, 0) is 20.7 Å². The lowest BCUT2D eigenvalue weighted by Crippen LogP contribution is -2.34. The van der Waals surface area contributed by atoms with E-state index >= 15 is 0 Å². The number of nitrogens with zero attached hydrogens (tertiary/aromatic N) is 1. The van der Waals surface area contributed by atoms with E-state index in [4.69, 9.17) is 20.6 Å². The molecule has 0 aliphatic carbocycles. The predicted octanol–water partition coefficient (Wildman–Crippen LogP) is 3.43. The fraction of sp³-hybridized carbons (Fsp3) is 0.318. The van der Waals surface area contributed by atoms with Crippen LogP contribution in [0.2, 0.25) is 0 Å². The zero-order valence-electron chi connectivity index (χ0n) is 16.9. The second-order valence-electron chi connectivity index (χ2n) is 6.00. The van der Waals surface area contributed by atoms with Crippen molar-refractivity contribution in [3.63, 3.8) is 0 Å². The van der Waals surface area contributed by atoms with Gasteiger partial charge in [-0.1, -0.05) is 12.0 Å². The maximum Gasteiger partial charge on any atom is 0.326 e. The third-order valence-corrected chi connectivity index (χ3v) is 4.79. The number of esters is 1. The number of benzene rings is 1. The highest BCUT2D eigenvalue weighted by Gasteiger charge is 2.36. The highest BCUT2D eigenvalue weighted by molar-refractivity contribution is 8.18. The van der Waals surface area contributed by atoms with Crippen molar-refractivity contribution < 1.29 is 28.6 Å². The molecule has 1 saturated heterocycles. The molecule has 30 heavy (non-hydrogen) atoms. The van der Waals surface area contributed by atoms with Crippen LogP contribution in [-0.4, -0.2) is 48.4 Å². The average molecular weight is 429 g/mol. The van der Waals surface area contributed by atoms with Crippen LogP contribution in [0, 0.1) is 12.3 Å². The summed E-state index contributed by atoms with van der Waals surface area (Å²) in [4.78, 5) is 37.5. The van der Waals surface area contributed by atoms with Gasteiger partial charge in [0.2, 0.25) is 0 Å². The van der Waals surface area contributed by atoms with Gasteiger partial charge in [-0.3, -0.25) is 19.3 Å². The maximum absolute atomic E-state index is 12.6. The number of carbonyl (C=O) groups excluding carboxylic acids is 3. The second kappa shape index (κ2) is 11.1. The van der Waals surface area contributed by atoms with Crippen molar-refractivity contribution in [2.75, 3.05) is 26.4 Å². The number of carbonyl (C=O) groups is 3. The summed E-state index contributed by atoms with van der Waals surface area (Å²) in [5.41, 5.74) is 1.42. The van der Waals surface area contributed by atoms with Gasteiger partial charge in [-0.2, -0.15) is 0 Å². The summed E-state index contributed by atoms with van der Waals surface area (Å²) in [6.45, 7) is 7.48. The van der Waals surface area contributed by atoms with Gasteiger partial charge >= 0.3 is 5.97 Å². The van der Waals surface area contributed by atoms with Crippen molar-refractivity contribution in [1.82, 2.24) is 4.90 Å². The van der Waals surface area contributed by atoms with Crippen molar-refractivity contribution in [3.05, 3.63) is 40.8 Å². The van der Waals surface area contributed by atoms with E-state index in [2.05, 4.69) is 12.5 Å². The van der Waals surface area contributed by atoms with Gasteiger partial charge < -0.3 is 14.2 Å². The molecular weight excluding hydrogens is 406 g/mol. The lowest BCUT2D eigenvalue weighted by atomic mass is 10.0. The van der Waals surface area contributed by atoms with E-state index in [0.717, 1.165) is 22.2 Å². The molecule has 1 heterocycles. The number of ether oxygens (including phenoxy) is 3. The third-order valence-electron chi connectivity index (χ3n) is 3.88. The largest absolute Gasteiger partial charge is 0.490 e. The Morgan fingerprint density at radius 1 is 1.27 bits per heavy atom. The Balaban J connectivity index is 2.38. The fourth-order valence-corrected chi connectivity index (χ4v) is 3.58. The van der Waals surface area contributed by atoms with E-state index in [1.54, 1.807) is 25.1 Å². The molecular formula is C22H23NO6S. The van der Waals surface area contributed by atoms with Gasteiger partial charge in [-0.25, -0.2) is 0 Å². The van der Waals surface area contributed by atoms with Gasteiger partial charge in [0.1, 0.15) is 13.2 Å². The molecule has 1 aliphatic rings. The lowest BCUT2D eigenvalue weighted by molar-refractivity contribution is -0.145. The van der Waals surface area contributed by atoms with Crippen LogP contribution < -0.4 is 9.47 Å². The molecule has 0 spiro atoms. The minimum absolute atomic E-state index is 0.0797. The topological polar surface area (TPSA) is 82.1 Å². The van der Waals surface area contributed by atoms with E-state index in [0.29, 0.717) is 30.1 Å². The molecule has 7 nitrogen and oxygen atoms in total. The van der Waals surface area contributed by atoms with Gasteiger partial charge in [0.25, 0.3) is 11.1 Å². The highest BCUT2D eigenvalue weighted by Crippen LogP contribution is 2.37. The molecule has 0 bridgehead atoms. The zero-order chi connectivity index (χ0) is 22.1. The first-order chi connectivity index (χ1) is 14.4. The lowest BCUT2D eigenvalue weighted by Gasteiger charge is -2.15. The summed E-state index contributed by atoms with van der Waals surface area (Å²) in [6, 6.07) is 3.52. The Kier molecular flexibility index (Phi) is 8.56. The summed E-state index contributed by atoms with van der Waals surface area (Å²) in [5.74, 6) is 2.23. The summed E-state index contributed by atoms with van der Waals surface area (Å²) in [6.07, 6.45) is 9.09. The molecule has 0 saturated carbocycles. The number of thioether (sulfide) groups is 1. The van der Waals surface area contributed by atoms with Crippen LogP contribution in [0.25, 0.3) is 6.08 Å². The number of imide groups is 1. The molecule has 0 unspecified atom stereocenters. The minimum atomic E-state index is -0.636. The van der Waals surface area contributed by atoms with Crippen molar-refractivity contribution in [1.29, 1.82) is 0 Å². The number of terminal acetylenes is 1. The van der Waals surface area contributed by atoms with Gasteiger partial charge in [0, 0.05) is 5.56 Å². The number of allylic oxidation sites excluding steroid dienone is 1. The van der Waals surface area contributed by atoms with E-state index in [-0.39, 0.29) is 18.1 Å². The SMILES string of the molecule is C#CCOc1c(CC=C)cc(/C=C2/SC(=O)N(CC(=O)OCC)C2=O)cc1OCC. The standard InChI is InChI=1S/C22H23NO6S/c1-5-9-16-11-15(12-17(27-7-3)20(16)29-10-6-2)13-18-21(25)23(22(26)30-18)14-19(24)28-8-4/h2,5,11-13H,1,7-10,14H2,3-4H3/b18-13+. The first-order valence-corrected chi connectivity index (χ1v) is 10.1.